The van der Waals surface area contributed by atoms with Crippen LogP contribution in [0.5, 0.6) is 0 Å². The summed E-state index contributed by atoms with van der Waals surface area (Å²) in [6, 6.07) is 17.5. The van der Waals surface area contributed by atoms with E-state index >= 15 is 0 Å². The molecule has 114 valence electrons. The number of hydrogen-bond acceptors (Lipinski definition) is 3. The van der Waals surface area contributed by atoms with Crippen LogP contribution in [0.1, 0.15) is 22.6 Å². The quantitative estimate of drug-likeness (QED) is 0.947. The first-order valence-corrected chi connectivity index (χ1v) is 7.42. The van der Waals surface area contributed by atoms with Crippen molar-refractivity contribution in [1.29, 1.82) is 0 Å². The number of carbonyl (C=O) groups is 1. The molecule has 0 saturated carbocycles. The highest BCUT2D eigenvalue weighted by Crippen LogP contribution is 2.28. The highest BCUT2D eigenvalue weighted by molar-refractivity contribution is 5.68. The van der Waals surface area contributed by atoms with Crippen molar-refractivity contribution in [2.45, 2.75) is 19.1 Å². The summed E-state index contributed by atoms with van der Waals surface area (Å²) in [6.07, 6.45) is -0.336. The monoisotopic (exact) mass is 297 g/mol. The number of amides is 1. The van der Waals surface area contributed by atoms with Crippen LogP contribution in [0.3, 0.4) is 0 Å². The molecule has 2 aromatic carbocycles. The van der Waals surface area contributed by atoms with E-state index < -0.39 is 0 Å². The molecule has 3 rings (SSSR count). The maximum Gasteiger partial charge on any atom is 0.410 e. The number of fused-ring (bicyclic) bond motifs is 1. The van der Waals surface area contributed by atoms with Crippen LogP contribution in [-0.2, 0) is 17.9 Å². The number of nitrogens with zero attached hydrogens (tertiary/aromatic N) is 1. The molecule has 0 bridgehead atoms. The molecular weight excluding hydrogens is 278 g/mol. The van der Waals surface area contributed by atoms with Crippen LogP contribution in [-0.4, -0.2) is 29.3 Å². The van der Waals surface area contributed by atoms with Crippen LogP contribution in [0.4, 0.5) is 4.79 Å². The Morgan fingerprint density at radius 3 is 2.64 bits per heavy atom. The van der Waals surface area contributed by atoms with E-state index in [1.165, 1.54) is 0 Å². The molecule has 0 radical (unpaired) electrons. The Kier molecular flexibility index (Phi) is 4.39. The van der Waals surface area contributed by atoms with E-state index in [1.54, 1.807) is 4.90 Å². The average molecular weight is 297 g/mol. The van der Waals surface area contributed by atoms with Crippen LogP contribution >= 0.6 is 0 Å². The smallest absolute Gasteiger partial charge is 0.410 e. The zero-order valence-electron chi connectivity index (χ0n) is 12.3. The molecule has 1 unspecified atom stereocenters. The molecule has 1 aliphatic heterocycles. The third-order valence-electron chi connectivity index (χ3n) is 3.98. The highest BCUT2D eigenvalue weighted by Gasteiger charge is 2.28. The third kappa shape index (κ3) is 3.12. The molecule has 4 heteroatoms. The number of carbonyl (C=O) groups excluding carboxylic acids is 1. The zero-order valence-corrected chi connectivity index (χ0v) is 12.3. The molecule has 4 nitrogen and oxygen atoms in total. The van der Waals surface area contributed by atoms with Crippen LogP contribution in [0, 0.1) is 0 Å². The largest absolute Gasteiger partial charge is 0.445 e. The standard InChI is InChI=1S/C18H19NO3/c20-12-16-11-19(10-15-8-4-5-9-17(15)16)18(21)22-13-14-6-2-1-3-7-14/h1-9,16,20H,10-13H2. The minimum absolute atomic E-state index is 0.0273. The molecule has 1 aliphatic rings. The fourth-order valence-corrected chi connectivity index (χ4v) is 2.82. The molecular formula is C18H19NO3. The minimum Gasteiger partial charge on any atom is -0.445 e. The average Bonchev–Trinajstić information content (AvgIpc) is 2.59. The van der Waals surface area contributed by atoms with E-state index in [1.807, 2.05) is 54.6 Å². The molecule has 1 heterocycles. The Morgan fingerprint density at radius 1 is 1.14 bits per heavy atom. The van der Waals surface area contributed by atoms with Crippen LogP contribution < -0.4 is 0 Å². The minimum atomic E-state index is -0.336. The Bertz CT molecular complexity index is 642. The first-order chi connectivity index (χ1) is 10.8. The van der Waals surface area contributed by atoms with E-state index in [0.717, 1.165) is 16.7 Å². The number of aliphatic hydroxyl groups excluding tert-OH is 1. The van der Waals surface area contributed by atoms with Gasteiger partial charge in [-0.2, -0.15) is 0 Å². The Morgan fingerprint density at radius 2 is 1.86 bits per heavy atom. The number of hydrogen-bond donors (Lipinski definition) is 1. The predicted molar refractivity (Wildman–Crippen MR) is 83.3 cm³/mol. The van der Waals surface area contributed by atoms with Crippen LogP contribution in [0.15, 0.2) is 54.6 Å². The van der Waals surface area contributed by atoms with Crippen molar-refractivity contribution in [3.63, 3.8) is 0 Å². The van der Waals surface area contributed by atoms with Crippen molar-refractivity contribution in [1.82, 2.24) is 4.90 Å². The van der Waals surface area contributed by atoms with E-state index in [2.05, 4.69) is 0 Å². The van der Waals surface area contributed by atoms with Crippen molar-refractivity contribution in [3.8, 4) is 0 Å². The lowest BCUT2D eigenvalue weighted by Gasteiger charge is -2.33. The summed E-state index contributed by atoms with van der Waals surface area (Å²) in [5.74, 6) is -0.0470. The van der Waals surface area contributed by atoms with Gasteiger partial charge in [0.25, 0.3) is 0 Å². The molecule has 0 spiro atoms. The second-order valence-corrected chi connectivity index (χ2v) is 5.50. The second kappa shape index (κ2) is 6.62. The fraction of sp³-hybridized carbons (Fsp3) is 0.278. The van der Waals surface area contributed by atoms with Gasteiger partial charge >= 0.3 is 6.09 Å². The molecule has 22 heavy (non-hydrogen) atoms. The predicted octanol–water partition coefficient (Wildman–Crippen LogP) is 2.91. The van der Waals surface area contributed by atoms with Gasteiger partial charge in [-0.3, -0.25) is 0 Å². The SMILES string of the molecule is O=C(OCc1ccccc1)N1Cc2ccccc2C(CO)C1. The summed E-state index contributed by atoms with van der Waals surface area (Å²) in [5, 5.41) is 9.57. The Hall–Kier alpha value is -2.33. The van der Waals surface area contributed by atoms with Gasteiger partial charge in [-0.15, -0.1) is 0 Å². The highest BCUT2D eigenvalue weighted by atomic mass is 16.6. The molecule has 1 atom stereocenters. The first kappa shape index (κ1) is 14.6. The lowest BCUT2D eigenvalue weighted by molar-refractivity contribution is 0.0838. The Labute approximate surface area is 130 Å². The van der Waals surface area contributed by atoms with Gasteiger partial charge in [0, 0.05) is 19.0 Å². The molecule has 0 aliphatic carbocycles. The van der Waals surface area contributed by atoms with E-state index in [0.29, 0.717) is 13.1 Å². The molecule has 1 N–H and O–H groups in total. The fourth-order valence-electron chi connectivity index (χ4n) is 2.82. The second-order valence-electron chi connectivity index (χ2n) is 5.50. The summed E-state index contributed by atoms with van der Waals surface area (Å²) in [7, 11) is 0. The van der Waals surface area contributed by atoms with E-state index in [9.17, 15) is 9.90 Å². The summed E-state index contributed by atoms with van der Waals surface area (Å²) in [6.45, 7) is 1.31. The van der Waals surface area contributed by atoms with E-state index in [-0.39, 0.29) is 25.2 Å². The maximum atomic E-state index is 12.3. The van der Waals surface area contributed by atoms with Gasteiger partial charge in [0.05, 0.1) is 6.61 Å². The van der Waals surface area contributed by atoms with Gasteiger partial charge in [-0.25, -0.2) is 4.79 Å². The van der Waals surface area contributed by atoms with Gasteiger partial charge in [-0.05, 0) is 16.7 Å². The number of ether oxygens (including phenoxy) is 1. The van der Waals surface area contributed by atoms with Crippen LogP contribution in [0.25, 0.3) is 0 Å². The third-order valence-corrected chi connectivity index (χ3v) is 3.98. The van der Waals surface area contributed by atoms with Gasteiger partial charge in [0.1, 0.15) is 6.61 Å². The topological polar surface area (TPSA) is 49.8 Å². The van der Waals surface area contributed by atoms with Gasteiger partial charge in [0.2, 0.25) is 0 Å². The van der Waals surface area contributed by atoms with E-state index in [4.69, 9.17) is 4.74 Å². The Balaban J connectivity index is 1.67. The summed E-state index contributed by atoms with van der Waals surface area (Å²) < 4.78 is 5.38. The summed E-state index contributed by atoms with van der Waals surface area (Å²) in [5.41, 5.74) is 3.16. The normalized spacial score (nSPS) is 17.0. The summed E-state index contributed by atoms with van der Waals surface area (Å²) in [4.78, 5) is 13.9. The van der Waals surface area contributed by atoms with Gasteiger partial charge < -0.3 is 14.7 Å². The number of rotatable bonds is 3. The van der Waals surface area contributed by atoms with Crippen LogP contribution in [0.2, 0.25) is 0 Å². The molecule has 2 aromatic rings. The van der Waals surface area contributed by atoms with Gasteiger partial charge in [-0.1, -0.05) is 54.6 Å². The maximum absolute atomic E-state index is 12.3. The van der Waals surface area contributed by atoms with Crippen molar-refractivity contribution in [2.24, 2.45) is 0 Å². The lowest BCUT2D eigenvalue weighted by atomic mass is 9.90. The van der Waals surface area contributed by atoms with Crippen molar-refractivity contribution < 1.29 is 14.6 Å². The zero-order chi connectivity index (χ0) is 15.4. The summed E-state index contributed by atoms with van der Waals surface area (Å²) >= 11 is 0. The molecule has 0 aromatic heterocycles. The van der Waals surface area contributed by atoms with Gasteiger partial charge in [0.15, 0.2) is 0 Å². The lowest BCUT2D eigenvalue weighted by Crippen LogP contribution is -2.39. The molecule has 0 fully saturated rings. The number of aliphatic hydroxyl groups is 1. The number of benzene rings is 2. The molecule has 0 saturated heterocycles. The van der Waals surface area contributed by atoms with Crippen molar-refractivity contribution in [3.05, 3.63) is 71.3 Å². The van der Waals surface area contributed by atoms with Crippen molar-refractivity contribution in [2.75, 3.05) is 13.2 Å². The first-order valence-electron chi connectivity index (χ1n) is 7.42. The van der Waals surface area contributed by atoms with Crippen molar-refractivity contribution >= 4 is 6.09 Å². The molecule has 1 amide bonds.